The smallest absolute Gasteiger partial charge is 0.253 e. The first-order valence-corrected chi connectivity index (χ1v) is 7.24. The Morgan fingerprint density at radius 2 is 1.91 bits per heavy atom. The van der Waals surface area contributed by atoms with Crippen molar-refractivity contribution in [2.24, 2.45) is 0 Å². The first-order valence-electron chi connectivity index (χ1n) is 6.48. The quantitative estimate of drug-likeness (QED) is 0.799. The fourth-order valence-corrected chi connectivity index (χ4v) is 2.53. The summed E-state index contributed by atoms with van der Waals surface area (Å²) in [4.78, 5) is 25.6. The molecule has 0 aliphatic heterocycles. The highest BCUT2D eigenvalue weighted by Crippen LogP contribution is 2.23. The number of aliphatic hydroxyl groups excluding tert-OH is 1. The Hall–Kier alpha value is -1.82. The van der Waals surface area contributed by atoms with E-state index >= 15 is 0 Å². The Balaban J connectivity index is 2.05. The fourth-order valence-electron chi connectivity index (χ4n) is 1.99. The topological polar surface area (TPSA) is 82.2 Å². The summed E-state index contributed by atoms with van der Waals surface area (Å²) in [6.45, 7) is 1.66. The molecule has 0 aliphatic carbocycles. The molecule has 0 spiro atoms. The van der Waals surface area contributed by atoms with Crippen molar-refractivity contribution in [3.8, 4) is 0 Å². The highest BCUT2D eigenvalue weighted by Gasteiger charge is 2.14. The van der Waals surface area contributed by atoms with E-state index in [-0.39, 0.29) is 18.0 Å². The molecule has 0 aliphatic rings. The molecule has 0 radical (unpaired) electrons. The fraction of sp³-hybridized carbons (Fsp3) is 0.200. The highest BCUT2D eigenvalue weighted by molar-refractivity contribution is 6.34. The largest absolute Gasteiger partial charge is 0.387 e. The van der Waals surface area contributed by atoms with Crippen molar-refractivity contribution in [2.45, 2.75) is 13.0 Å². The van der Waals surface area contributed by atoms with Gasteiger partial charge in [0.1, 0.15) is 0 Å². The number of H-pyrrole nitrogens is 1. The molecule has 7 heteroatoms. The van der Waals surface area contributed by atoms with Crippen LogP contribution in [0.1, 0.15) is 27.6 Å². The molecule has 3 N–H and O–H groups in total. The first kappa shape index (κ1) is 16.5. The lowest BCUT2D eigenvalue weighted by Crippen LogP contribution is -2.29. The minimum atomic E-state index is -0.941. The van der Waals surface area contributed by atoms with E-state index in [1.165, 1.54) is 12.3 Å². The van der Waals surface area contributed by atoms with Gasteiger partial charge >= 0.3 is 0 Å². The van der Waals surface area contributed by atoms with Crippen LogP contribution in [0.25, 0.3) is 0 Å². The third-order valence-corrected chi connectivity index (χ3v) is 3.54. The number of aromatic nitrogens is 1. The zero-order chi connectivity index (χ0) is 16.3. The molecule has 0 saturated heterocycles. The lowest BCUT2D eigenvalue weighted by molar-refractivity contribution is 0.0915. The average Bonchev–Trinajstić information content (AvgIpc) is 2.43. The van der Waals surface area contributed by atoms with Crippen LogP contribution in [0.15, 0.2) is 35.3 Å². The van der Waals surface area contributed by atoms with Crippen LogP contribution < -0.4 is 10.9 Å². The summed E-state index contributed by atoms with van der Waals surface area (Å²) in [5.74, 6) is -0.388. The molecule has 1 amide bonds. The van der Waals surface area contributed by atoms with Gasteiger partial charge in [-0.1, -0.05) is 23.2 Å². The van der Waals surface area contributed by atoms with Gasteiger partial charge in [-0.25, -0.2) is 0 Å². The van der Waals surface area contributed by atoms with Gasteiger partial charge in [0.2, 0.25) is 5.56 Å². The number of aryl methyl sites for hydroxylation is 1. The summed E-state index contributed by atoms with van der Waals surface area (Å²) in [6, 6.07) is 6.05. The minimum Gasteiger partial charge on any atom is -0.387 e. The van der Waals surface area contributed by atoms with Crippen LogP contribution in [0.2, 0.25) is 10.0 Å². The van der Waals surface area contributed by atoms with Gasteiger partial charge in [-0.3, -0.25) is 9.59 Å². The van der Waals surface area contributed by atoms with Gasteiger partial charge in [0, 0.05) is 28.9 Å². The number of amides is 1. The lowest BCUT2D eigenvalue weighted by Gasteiger charge is -2.13. The summed E-state index contributed by atoms with van der Waals surface area (Å²) in [7, 11) is 0. The number of halogens is 2. The van der Waals surface area contributed by atoms with Gasteiger partial charge in [0.05, 0.1) is 11.7 Å². The summed E-state index contributed by atoms with van der Waals surface area (Å²) in [6.07, 6.45) is 0.401. The van der Waals surface area contributed by atoms with Crippen molar-refractivity contribution in [3.05, 3.63) is 67.6 Å². The predicted molar refractivity (Wildman–Crippen MR) is 85.6 cm³/mol. The Morgan fingerprint density at radius 3 is 2.50 bits per heavy atom. The van der Waals surface area contributed by atoms with Crippen molar-refractivity contribution in [1.29, 1.82) is 0 Å². The second-order valence-electron chi connectivity index (χ2n) is 4.82. The molecule has 2 rings (SSSR count). The van der Waals surface area contributed by atoms with Crippen molar-refractivity contribution >= 4 is 29.1 Å². The number of pyridine rings is 1. The SMILES string of the molecule is Cc1cc(=O)[nH]cc1C(=O)NCC(O)c1cc(Cl)cc(Cl)c1. The third kappa shape index (κ3) is 4.10. The van der Waals surface area contributed by atoms with Crippen LogP contribution in [0.4, 0.5) is 0 Å². The molecule has 0 bridgehead atoms. The van der Waals surface area contributed by atoms with Crippen LogP contribution in [0.3, 0.4) is 0 Å². The Bertz CT molecular complexity index is 738. The van der Waals surface area contributed by atoms with Crippen LogP contribution in [-0.2, 0) is 0 Å². The van der Waals surface area contributed by atoms with E-state index in [9.17, 15) is 14.7 Å². The van der Waals surface area contributed by atoms with E-state index in [1.807, 2.05) is 0 Å². The van der Waals surface area contributed by atoms with Gasteiger partial charge < -0.3 is 15.4 Å². The van der Waals surface area contributed by atoms with Crippen molar-refractivity contribution < 1.29 is 9.90 Å². The van der Waals surface area contributed by atoms with Crippen LogP contribution in [-0.4, -0.2) is 22.5 Å². The number of hydrogen-bond acceptors (Lipinski definition) is 3. The standard InChI is InChI=1S/C15H14Cl2N2O3/c1-8-2-14(21)18-6-12(8)15(22)19-7-13(20)9-3-10(16)5-11(17)4-9/h2-6,13,20H,7H2,1H3,(H,18,21)(H,19,22). The van der Waals surface area contributed by atoms with Gasteiger partial charge in [-0.2, -0.15) is 0 Å². The number of rotatable bonds is 4. The van der Waals surface area contributed by atoms with Crippen LogP contribution in [0, 0.1) is 6.92 Å². The number of nitrogens with one attached hydrogen (secondary N) is 2. The maximum atomic E-state index is 12.1. The van der Waals surface area contributed by atoms with Crippen LogP contribution >= 0.6 is 23.2 Å². The molecular weight excluding hydrogens is 327 g/mol. The van der Waals surface area contributed by atoms with Gasteiger partial charge in [-0.05, 0) is 36.2 Å². The number of carbonyl (C=O) groups is 1. The molecule has 1 unspecified atom stereocenters. The summed E-state index contributed by atoms with van der Waals surface area (Å²) >= 11 is 11.7. The van der Waals surface area contributed by atoms with Crippen molar-refractivity contribution in [1.82, 2.24) is 10.3 Å². The maximum Gasteiger partial charge on any atom is 0.253 e. The van der Waals surface area contributed by atoms with E-state index < -0.39 is 6.10 Å². The number of hydrogen-bond donors (Lipinski definition) is 3. The zero-order valence-corrected chi connectivity index (χ0v) is 13.2. The van der Waals surface area contributed by atoms with Gasteiger partial charge in [0.25, 0.3) is 5.91 Å². The lowest BCUT2D eigenvalue weighted by atomic mass is 10.1. The normalized spacial score (nSPS) is 12.0. The highest BCUT2D eigenvalue weighted by atomic mass is 35.5. The van der Waals surface area contributed by atoms with Crippen molar-refractivity contribution in [2.75, 3.05) is 6.54 Å². The summed E-state index contributed by atoms with van der Waals surface area (Å²) in [5.41, 5.74) is 1.14. The second-order valence-corrected chi connectivity index (χ2v) is 5.70. The van der Waals surface area contributed by atoms with E-state index in [2.05, 4.69) is 10.3 Å². The zero-order valence-electron chi connectivity index (χ0n) is 11.7. The molecule has 116 valence electrons. The monoisotopic (exact) mass is 340 g/mol. The molecular formula is C15H14Cl2N2O3. The number of aliphatic hydroxyl groups is 1. The van der Waals surface area contributed by atoms with Crippen LogP contribution in [0.5, 0.6) is 0 Å². The van der Waals surface area contributed by atoms with E-state index in [0.717, 1.165) is 0 Å². The van der Waals surface area contributed by atoms with Gasteiger partial charge in [0.15, 0.2) is 0 Å². The molecule has 22 heavy (non-hydrogen) atoms. The van der Waals surface area contributed by atoms with E-state index in [4.69, 9.17) is 23.2 Å². The molecule has 2 aromatic rings. The Kier molecular flexibility index (Phi) is 5.24. The predicted octanol–water partition coefficient (Wildman–Crippen LogP) is 2.45. The summed E-state index contributed by atoms with van der Waals surface area (Å²) < 4.78 is 0. The van der Waals surface area contributed by atoms with E-state index in [0.29, 0.717) is 26.7 Å². The molecule has 1 aromatic carbocycles. The first-order chi connectivity index (χ1) is 10.4. The summed E-state index contributed by atoms with van der Waals surface area (Å²) in [5, 5.41) is 13.5. The average molecular weight is 341 g/mol. The molecule has 1 heterocycles. The second kappa shape index (κ2) is 6.96. The number of aromatic amines is 1. The Morgan fingerprint density at radius 1 is 1.27 bits per heavy atom. The molecule has 0 saturated carbocycles. The van der Waals surface area contributed by atoms with Gasteiger partial charge in [-0.15, -0.1) is 0 Å². The molecule has 1 atom stereocenters. The number of benzene rings is 1. The Labute approximate surface area is 136 Å². The third-order valence-electron chi connectivity index (χ3n) is 3.10. The number of carbonyl (C=O) groups excluding carboxylic acids is 1. The van der Waals surface area contributed by atoms with Crippen molar-refractivity contribution in [3.63, 3.8) is 0 Å². The molecule has 0 fully saturated rings. The molecule has 5 nitrogen and oxygen atoms in total. The van der Waals surface area contributed by atoms with E-state index in [1.54, 1.807) is 25.1 Å². The molecule has 1 aromatic heterocycles. The minimum absolute atomic E-state index is 0.00588. The maximum absolute atomic E-state index is 12.1.